The van der Waals surface area contributed by atoms with Crippen LogP contribution in [-0.2, 0) is 9.84 Å². The summed E-state index contributed by atoms with van der Waals surface area (Å²) in [5.74, 6) is 0.466. The minimum absolute atomic E-state index is 0.155. The Labute approximate surface area is 128 Å². The number of aromatic nitrogens is 2. The van der Waals surface area contributed by atoms with Crippen LogP contribution in [0.15, 0.2) is 70.1 Å². The van der Waals surface area contributed by atoms with Crippen molar-refractivity contribution in [2.24, 2.45) is 0 Å². The predicted octanol–water partition coefficient (Wildman–Crippen LogP) is 3.27. The highest BCUT2D eigenvalue weighted by Crippen LogP contribution is 2.28. The molecule has 3 rings (SSSR count). The Morgan fingerprint density at radius 2 is 1.55 bits per heavy atom. The van der Waals surface area contributed by atoms with E-state index in [-0.39, 0.29) is 10.7 Å². The molecule has 0 unspecified atom stereocenters. The molecule has 0 aliphatic heterocycles. The standard InChI is InChI=1S/C16H14N2O3S/c1-12(22(19,20)14-10-6-3-7-11-14)15-17-16(21-18-15)13-8-4-2-5-9-13/h2-12H,1H3/t12-/m1/s1. The quantitative estimate of drug-likeness (QED) is 0.739. The van der Waals surface area contributed by atoms with E-state index in [1.807, 2.05) is 30.3 Å². The zero-order valence-electron chi connectivity index (χ0n) is 11.9. The van der Waals surface area contributed by atoms with Gasteiger partial charge >= 0.3 is 0 Å². The Kier molecular flexibility index (Phi) is 3.77. The molecule has 1 heterocycles. The molecule has 2 aromatic carbocycles. The highest BCUT2D eigenvalue weighted by molar-refractivity contribution is 7.91. The first-order valence-electron chi connectivity index (χ1n) is 6.77. The summed E-state index contributed by atoms with van der Waals surface area (Å²) >= 11 is 0. The summed E-state index contributed by atoms with van der Waals surface area (Å²) in [7, 11) is -3.55. The molecule has 3 aromatic rings. The number of rotatable bonds is 4. The van der Waals surface area contributed by atoms with E-state index in [1.165, 1.54) is 0 Å². The number of benzene rings is 2. The van der Waals surface area contributed by atoms with Crippen molar-refractivity contribution in [1.82, 2.24) is 10.1 Å². The van der Waals surface area contributed by atoms with Gasteiger partial charge in [0.25, 0.3) is 5.89 Å². The van der Waals surface area contributed by atoms with Crippen molar-refractivity contribution in [2.45, 2.75) is 17.1 Å². The van der Waals surface area contributed by atoms with Gasteiger partial charge in [0.1, 0.15) is 5.25 Å². The number of hydrogen-bond donors (Lipinski definition) is 0. The van der Waals surface area contributed by atoms with E-state index in [0.29, 0.717) is 5.89 Å². The Bertz CT molecular complexity index is 859. The van der Waals surface area contributed by atoms with Gasteiger partial charge in [0.15, 0.2) is 15.7 Å². The van der Waals surface area contributed by atoms with Crippen LogP contribution in [0.1, 0.15) is 18.0 Å². The highest BCUT2D eigenvalue weighted by atomic mass is 32.2. The minimum Gasteiger partial charge on any atom is -0.334 e. The fourth-order valence-electron chi connectivity index (χ4n) is 2.05. The normalized spacial score (nSPS) is 13.0. The van der Waals surface area contributed by atoms with Gasteiger partial charge in [-0.05, 0) is 31.2 Å². The van der Waals surface area contributed by atoms with E-state index < -0.39 is 15.1 Å². The maximum absolute atomic E-state index is 12.6. The Morgan fingerprint density at radius 3 is 2.18 bits per heavy atom. The maximum atomic E-state index is 12.6. The molecule has 0 radical (unpaired) electrons. The van der Waals surface area contributed by atoms with Crippen molar-refractivity contribution in [1.29, 1.82) is 0 Å². The van der Waals surface area contributed by atoms with Crippen molar-refractivity contribution >= 4 is 9.84 Å². The van der Waals surface area contributed by atoms with E-state index >= 15 is 0 Å². The minimum atomic E-state index is -3.55. The number of nitrogens with zero attached hydrogens (tertiary/aromatic N) is 2. The van der Waals surface area contributed by atoms with Gasteiger partial charge < -0.3 is 4.52 Å². The molecule has 0 fully saturated rings. The van der Waals surface area contributed by atoms with Crippen LogP contribution < -0.4 is 0 Å². The van der Waals surface area contributed by atoms with Crippen LogP contribution in [0.4, 0.5) is 0 Å². The molecule has 1 aromatic heterocycles. The summed E-state index contributed by atoms with van der Waals surface area (Å²) in [6.45, 7) is 1.56. The second-order valence-corrected chi connectivity index (χ2v) is 7.09. The first-order valence-corrected chi connectivity index (χ1v) is 8.31. The molecule has 112 valence electrons. The molecule has 5 nitrogen and oxygen atoms in total. The molecule has 6 heteroatoms. The molecule has 1 atom stereocenters. The zero-order chi connectivity index (χ0) is 15.6. The predicted molar refractivity (Wildman–Crippen MR) is 81.8 cm³/mol. The van der Waals surface area contributed by atoms with E-state index in [9.17, 15) is 8.42 Å². The zero-order valence-corrected chi connectivity index (χ0v) is 12.7. The monoisotopic (exact) mass is 314 g/mol. The van der Waals surface area contributed by atoms with Gasteiger partial charge in [-0.15, -0.1) is 0 Å². The van der Waals surface area contributed by atoms with Crippen molar-refractivity contribution in [3.8, 4) is 11.5 Å². The van der Waals surface area contributed by atoms with Crippen LogP contribution >= 0.6 is 0 Å². The fourth-order valence-corrected chi connectivity index (χ4v) is 3.37. The molecule has 0 spiro atoms. The topological polar surface area (TPSA) is 73.1 Å². The van der Waals surface area contributed by atoms with E-state index in [4.69, 9.17) is 4.52 Å². The summed E-state index contributed by atoms with van der Waals surface area (Å²) < 4.78 is 30.3. The van der Waals surface area contributed by atoms with Crippen molar-refractivity contribution in [2.75, 3.05) is 0 Å². The lowest BCUT2D eigenvalue weighted by atomic mass is 10.2. The average Bonchev–Trinajstić information content (AvgIpc) is 3.05. The number of sulfone groups is 1. The first kappa shape index (κ1) is 14.5. The summed E-state index contributed by atoms with van der Waals surface area (Å²) in [6, 6.07) is 17.5. The summed E-state index contributed by atoms with van der Waals surface area (Å²) in [5, 5.41) is 2.94. The summed E-state index contributed by atoms with van der Waals surface area (Å²) in [4.78, 5) is 4.46. The van der Waals surface area contributed by atoms with Crippen molar-refractivity contribution in [3.63, 3.8) is 0 Å². The van der Waals surface area contributed by atoms with Gasteiger partial charge in [0.05, 0.1) is 4.90 Å². The van der Waals surface area contributed by atoms with Crippen LogP contribution in [0.3, 0.4) is 0 Å². The fraction of sp³-hybridized carbons (Fsp3) is 0.125. The SMILES string of the molecule is C[C@H](c1noc(-c2ccccc2)n1)S(=O)(=O)c1ccccc1. The summed E-state index contributed by atoms with van der Waals surface area (Å²) in [6.07, 6.45) is 0. The van der Waals surface area contributed by atoms with Gasteiger partial charge in [0, 0.05) is 5.56 Å². The van der Waals surface area contributed by atoms with Gasteiger partial charge in [-0.1, -0.05) is 41.6 Å². The third kappa shape index (κ3) is 2.65. The lowest BCUT2D eigenvalue weighted by molar-refractivity contribution is 0.421. The van der Waals surface area contributed by atoms with E-state index in [1.54, 1.807) is 37.3 Å². The molecular formula is C16H14N2O3S. The average molecular weight is 314 g/mol. The Hall–Kier alpha value is -2.47. The first-order chi connectivity index (χ1) is 10.6. The van der Waals surface area contributed by atoms with Crippen molar-refractivity contribution < 1.29 is 12.9 Å². The third-order valence-electron chi connectivity index (χ3n) is 3.36. The van der Waals surface area contributed by atoms with Gasteiger partial charge in [-0.3, -0.25) is 0 Å². The van der Waals surface area contributed by atoms with E-state index in [2.05, 4.69) is 10.1 Å². The molecule has 22 heavy (non-hydrogen) atoms. The molecule has 0 aliphatic carbocycles. The second-order valence-electron chi connectivity index (χ2n) is 4.82. The van der Waals surface area contributed by atoms with Crippen LogP contribution in [0, 0.1) is 0 Å². The maximum Gasteiger partial charge on any atom is 0.257 e. The second kappa shape index (κ2) is 5.73. The van der Waals surface area contributed by atoms with Gasteiger partial charge in [-0.25, -0.2) is 8.42 Å². The van der Waals surface area contributed by atoms with Crippen LogP contribution in [0.5, 0.6) is 0 Å². The Morgan fingerprint density at radius 1 is 0.955 bits per heavy atom. The van der Waals surface area contributed by atoms with Gasteiger partial charge in [0.2, 0.25) is 0 Å². The molecule has 0 aliphatic rings. The van der Waals surface area contributed by atoms with Crippen LogP contribution in [-0.4, -0.2) is 18.6 Å². The van der Waals surface area contributed by atoms with Crippen molar-refractivity contribution in [3.05, 3.63) is 66.5 Å². The third-order valence-corrected chi connectivity index (χ3v) is 5.43. The lowest BCUT2D eigenvalue weighted by Gasteiger charge is -2.08. The molecular weight excluding hydrogens is 300 g/mol. The smallest absolute Gasteiger partial charge is 0.257 e. The Balaban J connectivity index is 1.94. The molecule has 0 N–H and O–H groups in total. The van der Waals surface area contributed by atoms with Gasteiger partial charge in [-0.2, -0.15) is 4.98 Å². The molecule has 0 saturated carbocycles. The molecule has 0 amide bonds. The molecule has 0 bridgehead atoms. The highest BCUT2D eigenvalue weighted by Gasteiger charge is 2.29. The lowest BCUT2D eigenvalue weighted by Crippen LogP contribution is -2.12. The van der Waals surface area contributed by atoms with E-state index in [0.717, 1.165) is 5.56 Å². The van der Waals surface area contributed by atoms with Crippen LogP contribution in [0.25, 0.3) is 11.5 Å². The van der Waals surface area contributed by atoms with Crippen LogP contribution in [0.2, 0.25) is 0 Å². The number of hydrogen-bond acceptors (Lipinski definition) is 5. The summed E-state index contributed by atoms with van der Waals surface area (Å²) in [5.41, 5.74) is 0.755. The molecule has 0 saturated heterocycles. The largest absolute Gasteiger partial charge is 0.334 e.